The van der Waals surface area contributed by atoms with E-state index in [4.69, 9.17) is 26.8 Å². The van der Waals surface area contributed by atoms with Crippen molar-refractivity contribution in [1.29, 1.82) is 0 Å². The van der Waals surface area contributed by atoms with Gasteiger partial charge in [-0.15, -0.1) is 5.10 Å². The highest BCUT2D eigenvalue weighted by Gasteiger charge is 2.20. The van der Waals surface area contributed by atoms with Crippen LogP contribution in [0.5, 0.6) is 11.5 Å². The van der Waals surface area contributed by atoms with E-state index in [1.807, 2.05) is 0 Å². The maximum Gasteiger partial charge on any atom is 0.334 e. The Morgan fingerprint density at radius 2 is 1.94 bits per heavy atom. The molecule has 3 heterocycles. The summed E-state index contributed by atoms with van der Waals surface area (Å²) in [5.74, 6) is 1.03. The zero-order valence-electron chi connectivity index (χ0n) is 16.3. The minimum absolute atomic E-state index is 0.0786. The summed E-state index contributed by atoms with van der Waals surface area (Å²) >= 11 is 6.25. The van der Waals surface area contributed by atoms with Gasteiger partial charge < -0.3 is 15.2 Å². The number of nitrogens with zero attached hydrogens (tertiary/aromatic N) is 6. The van der Waals surface area contributed by atoms with Crippen molar-refractivity contribution in [2.24, 2.45) is 0 Å². The molecular formula is C19H16ClF2N7O2. The largest absolute Gasteiger partial charge is 0.495 e. The molecule has 0 aliphatic rings. The summed E-state index contributed by atoms with van der Waals surface area (Å²) in [6.07, 6.45) is 2.94. The number of halogens is 3. The number of alkyl halides is 2. The fourth-order valence-corrected chi connectivity index (χ4v) is 3.25. The normalized spacial score (nSPS) is 12.3. The second-order valence-corrected chi connectivity index (χ2v) is 6.83. The third-order valence-electron chi connectivity index (χ3n) is 4.48. The molecule has 9 nitrogen and oxygen atoms in total. The van der Waals surface area contributed by atoms with E-state index < -0.39 is 12.7 Å². The molecule has 0 spiro atoms. The summed E-state index contributed by atoms with van der Waals surface area (Å²) in [6, 6.07) is 5.20. The molecule has 4 rings (SSSR count). The summed E-state index contributed by atoms with van der Waals surface area (Å²) in [5, 5.41) is 4.55. The Hall–Kier alpha value is -3.60. The van der Waals surface area contributed by atoms with E-state index in [0.717, 1.165) is 6.33 Å². The predicted molar refractivity (Wildman–Crippen MR) is 109 cm³/mol. The third kappa shape index (κ3) is 3.91. The van der Waals surface area contributed by atoms with Gasteiger partial charge in [-0.1, -0.05) is 11.6 Å². The van der Waals surface area contributed by atoms with Gasteiger partial charge in [0.25, 0.3) is 0 Å². The van der Waals surface area contributed by atoms with E-state index in [2.05, 4.69) is 25.0 Å². The van der Waals surface area contributed by atoms with Gasteiger partial charge in [-0.3, -0.25) is 4.98 Å². The Morgan fingerprint density at radius 3 is 2.61 bits per heavy atom. The smallest absolute Gasteiger partial charge is 0.334 e. The van der Waals surface area contributed by atoms with Crippen molar-refractivity contribution in [2.75, 3.05) is 12.8 Å². The number of rotatable bonds is 6. The van der Waals surface area contributed by atoms with Crippen LogP contribution in [0.2, 0.25) is 5.02 Å². The van der Waals surface area contributed by atoms with Gasteiger partial charge in [0.15, 0.2) is 17.7 Å². The van der Waals surface area contributed by atoms with Crippen molar-refractivity contribution in [3.8, 4) is 22.8 Å². The number of anilines is 1. The molecule has 0 unspecified atom stereocenters. The second kappa shape index (κ2) is 8.26. The standard InChI is InChI=1S/C19H16ClF2N7O2/c1-9(18-27-8-29(28-18)19(21)22)31-13-6-24-15(16-14(13)17(23)26-7-25-16)10-3-4-12(30-2)11(20)5-10/h3-9,19H,1-2H3,(H2,23,25,26)/t9-/m0/s1. The molecule has 0 saturated carbocycles. The minimum Gasteiger partial charge on any atom is -0.495 e. The number of hydrogen-bond acceptors (Lipinski definition) is 8. The first-order chi connectivity index (χ1) is 14.9. The van der Waals surface area contributed by atoms with Crippen molar-refractivity contribution < 1.29 is 18.3 Å². The number of pyridine rings is 1. The predicted octanol–water partition coefficient (Wildman–Crippen LogP) is 4.06. The highest BCUT2D eigenvalue weighted by molar-refractivity contribution is 6.32. The average molecular weight is 448 g/mol. The quantitative estimate of drug-likeness (QED) is 0.470. The van der Waals surface area contributed by atoms with Gasteiger partial charge in [-0.25, -0.2) is 15.0 Å². The lowest BCUT2D eigenvalue weighted by Crippen LogP contribution is -2.09. The van der Waals surface area contributed by atoms with E-state index >= 15 is 0 Å². The van der Waals surface area contributed by atoms with Gasteiger partial charge >= 0.3 is 6.55 Å². The monoisotopic (exact) mass is 447 g/mol. The van der Waals surface area contributed by atoms with Crippen LogP contribution in [-0.2, 0) is 0 Å². The molecule has 31 heavy (non-hydrogen) atoms. The number of methoxy groups -OCH3 is 1. The molecule has 1 aromatic carbocycles. The first-order valence-electron chi connectivity index (χ1n) is 8.98. The van der Waals surface area contributed by atoms with E-state index in [1.165, 1.54) is 19.6 Å². The molecule has 3 aromatic heterocycles. The van der Waals surface area contributed by atoms with Crippen LogP contribution in [0.15, 0.2) is 37.1 Å². The van der Waals surface area contributed by atoms with Crippen LogP contribution in [0.3, 0.4) is 0 Å². The van der Waals surface area contributed by atoms with Crippen LogP contribution < -0.4 is 15.2 Å². The van der Waals surface area contributed by atoms with Crippen molar-refractivity contribution in [1.82, 2.24) is 29.7 Å². The Kier molecular flexibility index (Phi) is 5.51. The summed E-state index contributed by atoms with van der Waals surface area (Å²) in [6.45, 7) is -1.18. The molecule has 2 N–H and O–H groups in total. The fourth-order valence-electron chi connectivity index (χ4n) is 3.00. The zero-order valence-corrected chi connectivity index (χ0v) is 17.1. The lowest BCUT2D eigenvalue weighted by molar-refractivity contribution is 0.0550. The van der Waals surface area contributed by atoms with Gasteiger partial charge in [-0.2, -0.15) is 13.5 Å². The molecular weight excluding hydrogens is 432 g/mol. The molecule has 12 heteroatoms. The molecule has 4 aromatic rings. The average Bonchev–Trinajstić information content (AvgIpc) is 3.25. The van der Waals surface area contributed by atoms with E-state index in [1.54, 1.807) is 25.1 Å². The van der Waals surface area contributed by atoms with Crippen molar-refractivity contribution in [3.05, 3.63) is 47.9 Å². The van der Waals surface area contributed by atoms with Crippen molar-refractivity contribution in [2.45, 2.75) is 19.6 Å². The Bertz CT molecular complexity index is 1250. The summed E-state index contributed by atoms with van der Waals surface area (Å²) in [5.41, 5.74) is 7.73. The molecule has 0 aliphatic heterocycles. The van der Waals surface area contributed by atoms with Crippen LogP contribution in [0.4, 0.5) is 14.6 Å². The Morgan fingerprint density at radius 1 is 1.13 bits per heavy atom. The molecule has 0 amide bonds. The number of fused-ring (bicyclic) bond motifs is 1. The minimum atomic E-state index is -2.80. The number of ether oxygens (including phenoxy) is 2. The maximum absolute atomic E-state index is 12.8. The summed E-state index contributed by atoms with van der Waals surface area (Å²) in [7, 11) is 1.52. The lowest BCUT2D eigenvalue weighted by Gasteiger charge is -2.15. The van der Waals surface area contributed by atoms with Gasteiger partial charge in [0.1, 0.15) is 29.7 Å². The number of nitrogen functional groups attached to an aromatic ring is 1. The highest BCUT2D eigenvalue weighted by atomic mass is 35.5. The van der Waals surface area contributed by atoms with Gasteiger partial charge in [0.05, 0.1) is 29.4 Å². The number of hydrogen-bond donors (Lipinski definition) is 1. The SMILES string of the molecule is COc1ccc(-c2ncc(O[C@@H](C)c3ncn(C(F)F)n3)c3c(N)ncnc23)cc1Cl. The molecule has 0 radical (unpaired) electrons. The molecule has 0 fully saturated rings. The lowest BCUT2D eigenvalue weighted by atomic mass is 10.1. The number of aromatic nitrogens is 6. The molecule has 0 bridgehead atoms. The van der Waals surface area contributed by atoms with Crippen LogP contribution in [0, 0.1) is 0 Å². The fraction of sp³-hybridized carbons (Fsp3) is 0.211. The zero-order chi connectivity index (χ0) is 22.1. The van der Waals surface area contributed by atoms with E-state index in [-0.39, 0.29) is 17.4 Å². The Labute approximate surface area is 179 Å². The van der Waals surface area contributed by atoms with Crippen LogP contribution in [-0.4, -0.2) is 36.8 Å². The van der Waals surface area contributed by atoms with Crippen LogP contribution in [0.25, 0.3) is 22.2 Å². The molecule has 1 atom stereocenters. The van der Waals surface area contributed by atoms with Crippen LogP contribution >= 0.6 is 11.6 Å². The molecule has 160 valence electrons. The van der Waals surface area contributed by atoms with Crippen molar-refractivity contribution in [3.63, 3.8) is 0 Å². The third-order valence-corrected chi connectivity index (χ3v) is 4.77. The van der Waals surface area contributed by atoms with Gasteiger partial charge in [-0.05, 0) is 25.1 Å². The van der Waals surface area contributed by atoms with Gasteiger partial charge in [0, 0.05) is 5.56 Å². The highest BCUT2D eigenvalue weighted by Crippen LogP contribution is 2.37. The first-order valence-corrected chi connectivity index (χ1v) is 9.35. The molecule has 0 aliphatic carbocycles. The second-order valence-electron chi connectivity index (χ2n) is 6.42. The number of nitrogens with two attached hydrogens (primary N) is 1. The summed E-state index contributed by atoms with van der Waals surface area (Å²) in [4.78, 5) is 16.7. The van der Waals surface area contributed by atoms with Gasteiger partial charge in [0.2, 0.25) is 0 Å². The first kappa shape index (κ1) is 20.7. The molecule has 0 saturated heterocycles. The topological polar surface area (TPSA) is 114 Å². The van der Waals surface area contributed by atoms with Crippen LogP contribution in [0.1, 0.15) is 25.4 Å². The summed E-state index contributed by atoms with van der Waals surface area (Å²) < 4.78 is 37.1. The maximum atomic E-state index is 12.8. The van der Waals surface area contributed by atoms with E-state index in [9.17, 15) is 8.78 Å². The van der Waals surface area contributed by atoms with E-state index in [0.29, 0.717) is 37.6 Å². The number of benzene rings is 1. The van der Waals surface area contributed by atoms with Crippen molar-refractivity contribution >= 4 is 28.3 Å². The Balaban J connectivity index is 1.76.